The molecular weight excluding hydrogens is 551 g/mol. The molecule has 4 unspecified atom stereocenters. The number of fused-ring (bicyclic) bond motifs is 4. The first-order valence-electron chi connectivity index (χ1n) is 13.5. The van der Waals surface area contributed by atoms with Crippen molar-refractivity contribution in [3.05, 3.63) is 91.8 Å². The van der Waals surface area contributed by atoms with Crippen molar-refractivity contribution in [2.24, 2.45) is 11.0 Å². The van der Waals surface area contributed by atoms with E-state index in [0.29, 0.717) is 34.2 Å². The Hall–Kier alpha value is -3.33. The van der Waals surface area contributed by atoms with E-state index in [1.165, 1.54) is 4.90 Å². The topological polar surface area (TPSA) is 86.4 Å². The molecule has 2 bridgehead atoms. The van der Waals surface area contributed by atoms with Gasteiger partial charge in [-0.2, -0.15) is 5.10 Å². The molecule has 10 heteroatoms. The largest absolute Gasteiger partial charge is 0.493 e. The summed E-state index contributed by atoms with van der Waals surface area (Å²) in [7, 11) is 0. The first-order valence-corrected chi connectivity index (χ1v) is 14.3. The summed E-state index contributed by atoms with van der Waals surface area (Å²) in [4.78, 5) is 26.4. The second-order valence-corrected chi connectivity index (χ2v) is 11.2. The molecule has 1 aromatic heterocycles. The first kappa shape index (κ1) is 28.2. The van der Waals surface area contributed by atoms with Gasteiger partial charge in [0, 0.05) is 40.7 Å². The minimum atomic E-state index is -0.810. The third kappa shape index (κ3) is 6.52. The van der Waals surface area contributed by atoms with Crippen molar-refractivity contribution >= 4 is 35.3 Å². The van der Waals surface area contributed by atoms with Crippen LogP contribution in [0.2, 0.25) is 10.0 Å². The number of nitrogens with zero attached hydrogens (tertiary/aromatic N) is 2. The van der Waals surface area contributed by atoms with E-state index in [4.69, 9.17) is 32.7 Å². The van der Waals surface area contributed by atoms with Crippen molar-refractivity contribution < 1.29 is 19.2 Å². The van der Waals surface area contributed by atoms with Gasteiger partial charge in [-0.25, -0.2) is 5.43 Å². The summed E-state index contributed by atoms with van der Waals surface area (Å²) in [6.45, 7) is 7.73. The number of carbonyl (C=O) groups is 1. The molecule has 2 aliphatic rings. The predicted molar refractivity (Wildman–Crippen MR) is 156 cm³/mol. The van der Waals surface area contributed by atoms with Gasteiger partial charge in [-0.15, -0.1) is 0 Å². The van der Waals surface area contributed by atoms with E-state index >= 15 is 0 Å². The van der Waals surface area contributed by atoms with Crippen molar-refractivity contribution in [3.8, 4) is 11.5 Å². The van der Waals surface area contributed by atoms with Crippen molar-refractivity contribution in [2.45, 2.75) is 45.4 Å². The van der Waals surface area contributed by atoms with Gasteiger partial charge >= 0.3 is 0 Å². The van der Waals surface area contributed by atoms with Crippen LogP contribution in [-0.4, -0.2) is 42.5 Å². The van der Waals surface area contributed by atoms with E-state index in [0.717, 1.165) is 55.2 Å². The lowest BCUT2D eigenvalue weighted by atomic mass is 9.83. The number of halogens is 2. The molecular formula is C30H33Cl2N4O4+. The highest BCUT2D eigenvalue weighted by Gasteiger charge is 2.37. The van der Waals surface area contributed by atoms with Crippen LogP contribution >= 0.6 is 23.2 Å². The highest BCUT2D eigenvalue weighted by molar-refractivity contribution is 6.35. The SMILES string of the molecule is CCOc1ccc(C=NNC(=O)C(C)Oc2ccc(Cl)cc2Cl)cc1C[NH+]1CC2CC(C1)c1cccc(=O)n1C2. The molecule has 3 aromatic rings. The molecule has 0 spiro atoms. The van der Waals surface area contributed by atoms with Gasteiger partial charge in [0.15, 0.2) is 6.10 Å². The number of hydrogen-bond acceptors (Lipinski definition) is 5. The highest BCUT2D eigenvalue weighted by Crippen LogP contribution is 2.31. The highest BCUT2D eigenvalue weighted by atomic mass is 35.5. The number of pyridine rings is 1. The number of hydrazone groups is 1. The van der Waals surface area contributed by atoms with Crippen molar-refractivity contribution in [3.63, 3.8) is 0 Å². The number of quaternary nitrogens is 1. The number of piperidine rings is 1. The van der Waals surface area contributed by atoms with Gasteiger partial charge in [0.1, 0.15) is 18.0 Å². The van der Waals surface area contributed by atoms with Crippen LogP contribution in [0.4, 0.5) is 0 Å². The summed E-state index contributed by atoms with van der Waals surface area (Å²) in [5, 5.41) is 4.96. The van der Waals surface area contributed by atoms with Gasteiger partial charge in [0.05, 0.1) is 30.9 Å². The fourth-order valence-electron chi connectivity index (χ4n) is 5.72. The van der Waals surface area contributed by atoms with E-state index in [1.54, 1.807) is 37.4 Å². The molecule has 2 aromatic carbocycles. The number of hydrogen-bond donors (Lipinski definition) is 2. The minimum Gasteiger partial charge on any atom is -0.493 e. The zero-order valence-corrected chi connectivity index (χ0v) is 24.0. The summed E-state index contributed by atoms with van der Waals surface area (Å²) < 4.78 is 13.6. The normalized spacial score (nSPS) is 20.6. The fraction of sp³-hybridized carbons (Fsp3) is 0.367. The van der Waals surface area contributed by atoms with E-state index in [2.05, 4.69) is 22.7 Å². The van der Waals surface area contributed by atoms with Crippen LogP contribution in [0.5, 0.6) is 11.5 Å². The monoisotopic (exact) mass is 583 g/mol. The molecule has 2 aliphatic heterocycles. The lowest BCUT2D eigenvalue weighted by molar-refractivity contribution is -0.924. The van der Waals surface area contributed by atoms with Gasteiger partial charge in [0.25, 0.3) is 11.5 Å². The first-order chi connectivity index (χ1) is 19.3. The Kier molecular flexibility index (Phi) is 8.78. The maximum Gasteiger partial charge on any atom is 0.280 e. The lowest BCUT2D eigenvalue weighted by Crippen LogP contribution is -3.13. The van der Waals surface area contributed by atoms with Crippen LogP contribution in [0.25, 0.3) is 0 Å². The number of nitrogens with one attached hydrogen (secondary N) is 2. The number of carbonyl (C=O) groups excluding carboxylic acids is 1. The maximum atomic E-state index is 12.5. The van der Waals surface area contributed by atoms with Gasteiger partial charge in [-0.1, -0.05) is 29.3 Å². The molecule has 5 rings (SSSR count). The molecule has 3 heterocycles. The number of rotatable bonds is 9. The van der Waals surface area contributed by atoms with Gasteiger partial charge in [0.2, 0.25) is 0 Å². The van der Waals surface area contributed by atoms with Crippen LogP contribution in [0.3, 0.4) is 0 Å². The molecule has 2 N–H and O–H groups in total. The third-order valence-corrected chi connectivity index (χ3v) is 7.98. The second kappa shape index (κ2) is 12.5. The Morgan fingerprint density at radius 3 is 2.80 bits per heavy atom. The molecule has 1 amide bonds. The van der Waals surface area contributed by atoms with E-state index < -0.39 is 12.0 Å². The summed E-state index contributed by atoms with van der Waals surface area (Å²) in [6, 6.07) is 16.4. The number of ether oxygens (including phenoxy) is 2. The minimum absolute atomic E-state index is 0.100. The average Bonchev–Trinajstić information content (AvgIpc) is 2.92. The smallest absolute Gasteiger partial charge is 0.280 e. The Labute approximate surface area is 243 Å². The molecule has 210 valence electrons. The Balaban J connectivity index is 1.24. The van der Waals surface area contributed by atoms with Gasteiger partial charge in [-0.3, -0.25) is 9.59 Å². The van der Waals surface area contributed by atoms with Crippen LogP contribution in [-0.2, 0) is 17.9 Å². The summed E-state index contributed by atoms with van der Waals surface area (Å²) in [5.74, 6) is 1.67. The Morgan fingerprint density at radius 1 is 1.18 bits per heavy atom. The summed E-state index contributed by atoms with van der Waals surface area (Å²) in [6.07, 6.45) is 1.93. The Morgan fingerprint density at radius 2 is 2.00 bits per heavy atom. The average molecular weight is 585 g/mol. The standard InChI is InChI=1S/C30H32Cl2N4O4/c1-3-39-27-9-7-20(14-33-34-30(38)19(2)40-28-10-8-24(31)13-25(28)32)11-23(27)18-35-15-21-12-22(17-35)26-5-4-6-29(37)36(26)16-21/h4-11,13-14,19,21-22H,3,12,15-18H2,1-2H3,(H,34,38)/p+1. The molecule has 0 aliphatic carbocycles. The molecule has 1 saturated heterocycles. The van der Waals surface area contributed by atoms with Crippen LogP contribution in [0.15, 0.2) is 64.5 Å². The number of benzene rings is 2. The molecule has 0 radical (unpaired) electrons. The number of likely N-dealkylation sites (tertiary alicyclic amines) is 1. The van der Waals surface area contributed by atoms with Crippen molar-refractivity contribution in [2.75, 3.05) is 19.7 Å². The molecule has 1 fully saturated rings. The van der Waals surface area contributed by atoms with Crippen LogP contribution < -0.4 is 25.4 Å². The Bertz CT molecular complexity index is 1470. The molecule has 40 heavy (non-hydrogen) atoms. The second-order valence-electron chi connectivity index (χ2n) is 10.4. The lowest BCUT2D eigenvalue weighted by Gasteiger charge is -2.40. The summed E-state index contributed by atoms with van der Waals surface area (Å²) >= 11 is 12.1. The maximum absolute atomic E-state index is 12.5. The van der Waals surface area contributed by atoms with Gasteiger partial charge < -0.3 is 18.9 Å². The van der Waals surface area contributed by atoms with Crippen LogP contribution in [0.1, 0.15) is 43.0 Å². The van der Waals surface area contributed by atoms with E-state index in [-0.39, 0.29) is 5.56 Å². The number of aromatic nitrogens is 1. The van der Waals surface area contributed by atoms with Gasteiger partial charge in [-0.05, 0) is 68.3 Å². The number of amides is 1. The van der Waals surface area contributed by atoms with Crippen molar-refractivity contribution in [1.29, 1.82) is 0 Å². The predicted octanol–water partition coefficient (Wildman–Crippen LogP) is 3.67. The van der Waals surface area contributed by atoms with Crippen LogP contribution in [0, 0.1) is 5.92 Å². The van der Waals surface area contributed by atoms with E-state index in [9.17, 15) is 9.59 Å². The molecule has 4 atom stereocenters. The zero-order chi connectivity index (χ0) is 28.2. The summed E-state index contributed by atoms with van der Waals surface area (Å²) in [5.41, 5.74) is 5.73. The molecule has 0 saturated carbocycles. The van der Waals surface area contributed by atoms with E-state index in [1.807, 2.05) is 29.7 Å². The fourth-order valence-corrected chi connectivity index (χ4v) is 6.18. The zero-order valence-electron chi connectivity index (χ0n) is 22.5. The molecule has 8 nitrogen and oxygen atoms in total. The van der Waals surface area contributed by atoms with Crippen molar-refractivity contribution in [1.82, 2.24) is 9.99 Å². The third-order valence-electron chi connectivity index (χ3n) is 7.45. The quantitative estimate of drug-likeness (QED) is 0.297.